The van der Waals surface area contributed by atoms with Crippen LogP contribution >= 0.6 is 11.8 Å². The van der Waals surface area contributed by atoms with E-state index in [9.17, 15) is 5.26 Å². The van der Waals surface area contributed by atoms with Crippen LogP contribution in [0.3, 0.4) is 0 Å². The first-order valence-corrected chi connectivity index (χ1v) is 5.88. The second kappa shape index (κ2) is 4.89. The Labute approximate surface area is 104 Å². The van der Waals surface area contributed by atoms with Crippen molar-refractivity contribution in [2.75, 3.05) is 12.4 Å². The third-order valence-electron chi connectivity index (χ3n) is 2.14. The number of allylic oxidation sites excluding steroid dienone is 2. The summed E-state index contributed by atoms with van der Waals surface area (Å²) >= 11 is 1.49. The number of nitrogens with zero attached hydrogens (tertiary/aromatic N) is 3. The predicted octanol–water partition coefficient (Wildman–Crippen LogP) is 1.91. The second-order valence-electron chi connectivity index (χ2n) is 3.38. The van der Waals surface area contributed by atoms with Crippen molar-refractivity contribution in [3.05, 3.63) is 34.1 Å². The largest absolute Gasteiger partial charge is 0.357 e. The van der Waals surface area contributed by atoms with Gasteiger partial charge in [-0.15, -0.1) is 0 Å². The Bertz CT molecular complexity index is 541. The summed E-state index contributed by atoms with van der Waals surface area (Å²) < 4.78 is 0. The van der Waals surface area contributed by atoms with Crippen LogP contribution < -0.4 is 10.6 Å². The van der Waals surface area contributed by atoms with Gasteiger partial charge < -0.3 is 10.6 Å². The van der Waals surface area contributed by atoms with Crippen LogP contribution in [-0.4, -0.2) is 17.0 Å². The molecule has 0 unspecified atom stereocenters. The van der Waals surface area contributed by atoms with Gasteiger partial charge in [0.2, 0.25) is 5.95 Å². The molecule has 1 aliphatic heterocycles. The minimum absolute atomic E-state index is 0.503. The molecule has 6 heteroatoms. The van der Waals surface area contributed by atoms with Crippen LogP contribution in [0.1, 0.15) is 12.6 Å². The van der Waals surface area contributed by atoms with Gasteiger partial charge in [0.1, 0.15) is 11.6 Å². The molecule has 1 aromatic heterocycles. The molecule has 1 aliphatic rings. The number of aromatic nitrogens is 2. The van der Waals surface area contributed by atoms with E-state index in [1.165, 1.54) is 11.8 Å². The fourth-order valence-electron chi connectivity index (χ4n) is 1.35. The SMILES string of the molecule is CNc1nccc(C(C#N)=C2NC(C)=CS2)n1. The first kappa shape index (κ1) is 11.5. The van der Waals surface area contributed by atoms with Crippen molar-refractivity contribution in [1.82, 2.24) is 15.3 Å². The van der Waals surface area contributed by atoms with Crippen LogP contribution in [0.25, 0.3) is 5.57 Å². The van der Waals surface area contributed by atoms with Gasteiger partial charge in [-0.25, -0.2) is 9.97 Å². The van der Waals surface area contributed by atoms with Gasteiger partial charge in [-0.3, -0.25) is 0 Å². The van der Waals surface area contributed by atoms with E-state index in [-0.39, 0.29) is 0 Å². The maximum atomic E-state index is 9.22. The van der Waals surface area contributed by atoms with Crippen molar-refractivity contribution in [3.8, 4) is 6.07 Å². The monoisotopic (exact) mass is 245 g/mol. The van der Waals surface area contributed by atoms with Gasteiger partial charge in [0.05, 0.1) is 10.7 Å². The smallest absolute Gasteiger partial charge is 0.222 e. The Morgan fingerprint density at radius 2 is 2.41 bits per heavy atom. The molecule has 1 aromatic rings. The van der Waals surface area contributed by atoms with Crippen LogP contribution in [0.5, 0.6) is 0 Å². The van der Waals surface area contributed by atoms with E-state index >= 15 is 0 Å². The summed E-state index contributed by atoms with van der Waals surface area (Å²) in [5.74, 6) is 0.503. The highest BCUT2D eigenvalue weighted by Gasteiger charge is 2.15. The van der Waals surface area contributed by atoms with E-state index in [0.29, 0.717) is 17.2 Å². The zero-order valence-corrected chi connectivity index (χ0v) is 10.3. The highest BCUT2D eigenvalue weighted by Crippen LogP contribution is 2.30. The summed E-state index contributed by atoms with van der Waals surface area (Å²) in [4.78, 5) is 8.27. The molecule has 0 aromatic carbocycles. The molecule has 0 bridgehead atoms. The van der Waals surface area contributed by atoms with E-state index in [4.69, 9.17) is 0 Å². The second-order valence-corrected chi connectivity index (χ2v) is 4.25. The van der Waals surface area contributed by atoms with E-state index in [2.05, 4.69) is 26.7 Å². The molecule has 0 atom stereocenters. The van der Waals surface area contributed by atoms with Crippen molar-refractivity contribution < 1.29 is 0 Å². The summed E-state index contributed by atoms with van der Waals surface area (Å²) in [5.41, 5.74) is 2.17. The number of hydrogen-bond acceptors (Lipinski definition) is 6. The van der Waals surface area contributed by atoms with Crippen LogP contribution in [-0.2, 0) is 0 Å². The number of hydrogen-bond donors (Lipinski definition) is 2. The zero-order chi connectivity index (χ0) is 12.3. The summed E-state index contributed by atoms with van der Waals surface area (Å²) in [5, 5.41) is 18.0. The Morgan fingerprint density at radius 3 is 3.00 bits per heavy atom. The summed E-state index contributed by atoms with van der Waals surface area (Å²) in [6.45, 7) is 1.95. The van der Waals surface area contributed by atoms with Crippen LogP contribution in [0, 0.1) is 11.3 Å². The Morgan fingerprint density at radius 1 is 1.59 bits per heavy atom. The van der Waals surface area contributed by atoms with E-state index in [0.717, 1.165) is 10.7 Å². The summed E-state index contributed by atoms with van der Waals surface area (Å²) in [7, 11) is 1.74. The zero-order valence-electron chi connectivity index (χ0n) is 9.48. The Kier molecular flexibility index (Phi) is 3.30. The molecule has 86 valence electrons. The average molecular weight is 245 g/mol. The highest BCUT2D eigenvalue weighted by atomic mass is 32.2. The van der Waals surface area contributed by atoms with Crippen molar-refractivity contribution in [2.24, 2.45) is 0 Å². The minimum atomic E-state index is 0.503. The minimum Gasteiger partial charge on any atom is -0.357 e. The van der Waals surface area contributed by atoms with Gasteiger partial charge in [0, 0.05) is 18.9 Å². The number of nitriles is 1. The van der Waals surface area contributed by atoms with Crippen LogP contribution in [0.4, 0.5) is 5.95 Å². The topological polar surface area (TPSA) is 73.6 Å². The van der Waals surface area contributed by atoms with Gasteiger partial charge in [-0.2, -0.15) is 5.26 Å². The first-order valence-electron chi connectivity index (χ1n) is 5.00. The molecule has 2 heterocycles. The third-order valence-corrected chi connectivity index (χ3v) is 3.15. The van der Waals surface area contributed by atoms with Crippen molar-refractivity contribution in [2.45, 2.75) is 6.92 Å². The maximum Gasteiger partial charge on any atom is 0.222 e. The molecule has 5 nitrogen and oxygen atoms in total. The molecule has 0 amide bonds. The molecular formula is C11H11N5S. The van der Waals surface area contributed by atoms with Crippen molar-refractivity contribution >= 4 is 23.3 Å². The molecule has 17 heavy (non-hydrogen) atoms. The highest BCUT2D eigenvalue weighted by molar-refractivity contribution is 8.06. The standard InChI is InChI=1S/C11H11N5S/c1-7-6-17-10(15-7)8(5-12)9-3-4-14-11(13-2)16-9/h3-4,6,15H,1-2H3,(H,13,14,16). The fraction of sp³-hybridized carbons (Fsp3) is 0.182. The lowest BCUT2D eigenvalue weighted by Crippen LogP contribution is -2.06. The number of nitrogens with one attached hydrogen (secondary N) is 2. The van der Waals surface area contributed by atoms with Gasteiger partial charge in [-0.05, 0) is 18.4 Å². The molecule has 0 radical (unpaired) electrons. The number of thioether (sulfide) groups is 1. The fourth-order valence-corrected chi connectivity index (χ4v) is 2.19. The molecule has 2 rings (SSSR count). The lowest BCUT2D eigenvalue weighted by Gasteiger charge is -2.05. The molecule has 2 N–H and O–H groups in total. The summed E-state index contributed by atoms with van der Waals surface area (Å²) in [6.07, 6.45) is 1.63. The van der Waals surface area contributed by atoms with E-state index in [1.807, 2.05) is 12.3 Å². The van der Waals surface area contributed by atoms with Crippen LogP contribution in [0.2, 0.25) is 0 Å². The predicted molar refractivity (Wildman–Crippen MR) is 68.6 cm³/mol. The molecule has 0 fully saturated rings. The summed E-state index contributed by atoms with van der Waals surface area (Å²) in [6, 6.07) is 3.90. The third kappa shape index (κ3) is 2.40. The van der Waals surface area contributed by atoms with Gasteiger partial charge in [0.15, 0.2) is 0 Å². The first-order chi connectivity index (χ1) is 8.24. The van der Waals surface area contributed by atoms with E-state index in [1.54, 1.807) is 19.3 Å². The maximum absolute atomic E-state index is 9.22. The Hall–Kier alpha value is -2.00. The molecule has 0 saturated heterocycles. The van der Waals surface area contributed by atoms with Gasteiger partial charge in [0.25, 0.3) is 0 Å². The molecular weight excluding hydrogens is 234 g/mol. The van der Waals surface area contributed by atoms with Crippen LogP contribution in [0.15, 0.2) is 28.4 Å². The lowest BCUT2D eigenvalue weighted by molar-refractivity contribution is 1.06. The lowest BCUT2D eigenvalue weighted by atomic mass is 10.2. The quantitative estimate of drug-likeness (QED) is 0.775. The van der Waals surface area contributed by atoms with Gasteiger partial charge in [-0.1, -0.05) is 11.8 Å². The van der Waals surface area contributed by atoms with Crippen molar-refractivity contribution in [3.63, 3.8) is 0 Å². The molecule has 0 saturated carbocycles. The Balaban J connectivity index is 2.40. The number of rotatable bonds is 2. The molecule has 0 spiro atoms. The van der Waals surface area contributed by atoms with Crippen molar-refractivity contribution in [1.29, 1.82) is 5.26 Å². The molecule has 0 aliphatic carbocycles. The normalized spacial score (nSPS) is 16.9. The number of anilines is 1. The van der Waals surface area contributed by atoms with Gasteiger partial charge >= 0.3 is 0 Å². The average Bonchev–Trinajstić information content (AvgIpc) is 2.77. The van der Waals surface area contributed by atoms with E-state index < -0.39 is 0 Å².